The number of rotatable bonds is 3. The van der Waals surface area contributed by atoms with Crippen LogP contribution < -0.4 is 0 Å². The van der Waals surface area contributed by atoms with Gasteiger partial charge in [0.25, 0.3) is 0 Å². The molecule has 2 aromatic heterocycles. The third-order valence-electron chi connectivity index (χ3n) is 3.27. The summed E-state index contributed by atoms with van der Waals surface area (Å²) in [5.74, 6) is 0.894. The van der Waals surface area contributed by atoms with Crippen LogP contribution in [0.15, 0.2) is 28.0 Å². The molecule has 0 amide bonds. The highest BCUT2D eigenvalue weighted by molar-refractivity contribution is 7.10. The minimum Gasteiger partial charge on any atom is -0.416 e. The van der Waals surface area contributed by atoms with Gasteiger partial charge in [-0.1, -0.05) is 30.1 Å². The van der Waals surface area contributed by atoms with Gasteiger partial charge in [-0.15, -0.1) is 21.5 Å². The molecule has 3 aromatic rings. The third-order valence-corrected chi connectivity index (χ3v) is 4.79. The largest absolute Gasteiger partial charge is 0.416 e. The second-order valence-electron chi connectivity index (χ2n) is 4.57. The molecule has 0 aliphatic heterocycles. The van der Waals surface area contributed by atoms with Gasteiger partial charge >= 0.3 is 0 Å². The molecule has 0 N–H and O–H groups in total. The fraction of sp³-hybridized carbons (Fsp3) is 0.200. The van der Waals surface area contributed by atoms with Gasteiger partial charge in [0.2, 0.25) is 11.8 Å². The highest BCUT2D eigenvalue weighted by Gasteiger charge is 2.17. The fourth-order valence-corrected chi connectivity index (χ4v) is 3.51. The highest BCUT2D eigenvalue weighted by Crippen LogP contribution is 2.34. The molecule has 0 aliphatic carbocycles. The van der Waals surface area contributed by atoms with E-state index in [0.717, 1.165) is 12.0 Å². The molecule has 21 heavy (non-hydrogen) atoms. The summed E-state index contributed by atoms with van der Waals surface area (Å²) in [5, 5.41) is 11.4. The molecule has 0 saturated heterocycles. The van der Waals surface area contributed by atoms with Crippen LogP contribution in [0, 0.1) is 6.92 Å². The molecule has 3 rings (SSSR count). The summed E-state index contributed by atoms with van der Waals surface area (Å²) in [6, 6.07) is 5.16. The van der Waals surface area contributed by atoms with Crippen molar-refractivity contribution in [3.63, 3.8) is 0 Å². The van der Waals surface area contributed by atoms with Crippen LogP contribution in [0.3, 0.4) is 0 Å². The van der Waals surface area contributed by atoms with Crippen LogP contribution in [-0.4, -0.2) is 10.2 Å². The van der Waals surface area contributed by atoms with Crippen LogP contribution >= 0.6 is 34.5 Å². The number of halogens is 2. The number of aryl methyl sites for hydroxylation is 1. The first-order chi connectivity index (χ1) is 10.1. The van der Waals surface area contributed by atoms with E-state index < -0.39 is 0 Å². The first-order valence-electron chi connectivity index (χ1n) is 6.46. The zero-order chi connectivity index (χ0) is 15.0. The van der Waals surface area contributed by atoms with E-state index >= 15 is 0 Å². The van der Waals surface area contributed by atoms with E-state index in [1.807, 2.05) is 5.38 Å². The van der Waals surface area contributed by atoms with Crippen LogP contribution in [0.5, 0.6) is 0 Å². The Labute approximate surface area is 136 Å². The molecule has 6 heteroatoms. The molecule has 0 radical (unpaired) electrons. The number of hydrogen-bond acceptors (Lipinski definition) is 4. The first kappa shape index (κ1) is 14.6. The molecule has 2 heterocycles. The Bertz CT molecular complexity index is 795. The van der Waals surface area contributed by atoms with Gasteiger partial charge in [0.1, 0.15) is 0 Å². The van der Waals surface area contributed by atoms with Crippen molar-refractivity contribution in [3.8, 4) is 22.9 Å². The summed E-state index contributed by atoms with van der Waals surface area (Å²) in [7, 11) is 0. The fourth-order valence-electron chi connectivity index (χ4n) is 2.20. The lowest BCUT2D eigenvalue weighted by Crippen LogP contribution is -1.84. The van der Waals surface area contributed by atoms with E-state index in [9.17, 15) is 0 Å². The van der Waals surface area contributed by atoms with Gasteiger partial charge in [0.05, 0.1) is 16.1 Å². The quantitative estimate of drug-likeness (QED) is 0.619. The average molecular weight is 339 g/mol. The molecule has 0 bridgehead atoms. The Hall–Kier alpha value is -1.36. The monoisotopic (exact) mass is 338 g/mol. The van der Waals surface area contributed by atoms with Crippen molar-refractivity contribution in [2.24, 2.45) is 0 Å². The van der Waals surface area contributed by atoms with Gasteiger partial charge in [-0.25, -0.2) is 0 Å². The number of hydrogen-bond donors (Lipinski definition) is 0. The van der Waals surface area contributed by atoms with Crippen LogP contribution in [0.2, 0.25) is 10.0 Å². The Morgan fingerprint density at radius 2 is 1.86 bits per heavy atom. The van der Waals surface area contributed by atoms with Crippen molar-refractivity contribution in [2.45, 2.75) is 20.3 Å². The standard InChI is InChI=1S/C15H12Cl2N2OS/c1-3-10-8(2)21-7-12(10)15-19-18-14(20-15)11-6-9(16)4-5-13(11)17/h4-7H,3H2,1-2H3. The second kappa shape index (κ2) is 5.79. The Morgan fingerprint density at radius 1 is 1.14 bits per heavy atom. The summed E-state index contributed by atoms with van der Waals surface area (Å²) >= 11 is 13.8. The Kier molecular flexibility index (Phi) is 4.02. The molecule has 3 nitrogen and oxygen atoms in total. The van der Waals surface area contributed by atoms with Crippen molar-refractivity contribution in [3.05, 3.63) is 44.1 Å². The van der Waals surface area contributed by atoms with E-state index in [4.69, 9.17) is 27.6 Å². The van der Waals surface area contributed by atoms with Gasteiger partial charge in [0, 0.05) is 15.3 Å². The Balaban J connectivity index is 2.06. The van der Waals surface area contributed by atoms with E-state index in [0.29, 0.717) is 27.4 Å². The lowest BCUT2D eigenvalue weighted by Gasteiger charge is -2.00. The van der Waals surface area contributed by atoms with Crippen molar-refractivity contribution >= 4 is 34.5 Å². The van der Waals surface area contributed by atoms with Crippen molar-refractivity contribution in [1.29, 1.82) is 0 Å². The predicted molar refractivity (Wildman–Crippen MR) is 87.2 cm³/mol. The number of thiophene rings is 1. The minimum atomic E-state index is 0.378. The molecule has 0 spiro atoms. The lowest BCUT2D eigenvalue weighted by molar-refractivity contribution is 0.584. The van der Waals surface area contributed by atoms with Crippen LogP contribution in [0.4, 0.5) is 0 Å². The maximum atomic E-state index is 6.16. The van der Waals surface area contributed by atoms with E-state index in [1.54, 1.807) is 29.5 Å². The molecule has 1 aromatic carbocycles. The number of aromatic nitrogens is 2. The lowest BCUT2D eigenvalue weighted by atomic mass is 10.1. The highest BCUT2D eigenvalue weighted by atomic mass is 35.5. The molecule has 0 fully saturated rings. The molecule has 108 valence electrons. The first-order valence-corrected chi connectivity index (χ1v) is 8.10. The summed E-state index contributed by atoms with van der Waals surface area (Å²) in [5.41, 5.74) is 2.89. The average Bonchev–Trinajstić information content (AvgIpc) is 3.07. The number of benzene rings is 1. The topological polar surface area (TPSA) is 38.9 Å². The van der Waals surface area contributed by atoms with E-state index in [2.05, 4.69) is 24.0 Å². The van der Waals surface area contributed by atoms with Gasteiger partial charge < -0.3 is 4.42 Å². The minimum absolute atomic E-state index is 0.378. The van der Waals surface area contributed by atoms with E-state index in [1.165, 1.54) is 10.4 Å². The molecule has 0 aliphatic rings. The van der Waals surface area contributed by atoms with Crippen LogP contribution in [0.1, 0.15) is 17.4 Å². The van der Waals surface area contributed by atoms with Crippen LogP contribution in [0.25, 0.3) is 22.9 Å². The third kappa shape index (κ3) is 2.71. The van der Waals surface area contributed by atoms with Crippen LogP contribution in [-0.2, 0) is 6.42 Å². The Morgan fingerprint density at radius 3 is 2.57 bits per heavy atom. The molecule has 0 saturated carbocycles. The summed E-state index contributed by atoms with van der Waals surface area (Å²) in [6.45, 7) is 4.21. The van der Waals surface area contributed by atoms with E-state index in [-0.39, 0.29) is 0 Å². The zero-order valence-corrected chi connectivity index (χ0v) is 13.8. The predicted octanol–water partition coefficient (Wildman–Crippen LogP) is 5.64. The normalized spacial score (nSPS) is 11.0. The SMILES string of the molecule is CCc1c(-c2nnc(-c3cc(Cl)ccc3Cl)o2)csc1C. The smallest absolute Gasteiger partial charge is 0.249 e. The molecular formula is C15H12Cl2N2OS. The van der Waals surface area contributed by atoms with Gasteiger partial charge in [-0.05, 0) is 37.1 Å². The molecule has 0 atom stereocenters. The van der Waals surface area contributed by atoms with Gasteiger partial charge in [-0.3, -0.25) is 0 Å². The molecule has 0 unspecified atom stereocenters. The van der Waals surface area contributed by atoms with Crippen molar-refractivity contribution in [1.82, 2.24) is 10.2 Å². The van der Waals surface area contributed by atoms with Gasteiger partial charge in [-0.2, -0.15) is 0 Å². The summed E-state index contributed by atoms with van der Waals surface area (Å²) in [4.78, 5) is 1.27. The maximum absolute atomic E-state index is 6.16. The van der Waals surface area contributed by atoms with Gasteiger partial charge in [0.15, 0.2) is 0 Å². The molecular weight excluding hydrogens is 327 g/mol. The second-order valence-corrected chi connectivity index (χ2v) is 6.50. The summed E-state index contributed by atoms with van der Waals surface area (Å²) < 4.78 is 5.79. The number of nitrogens with zero attached hydrogens (tertiary/aromatic N) is 2. The zero-order valence-electron chi connectivity index (χ0n) is 11.5. The van der Waals surface area contributed by atoms with Crippen molar-refractivity contribution < 1.29 is 4.42 Å². The summed E-state index contributed by atoms with van der Waals surface area (Å²) in [6.07, 6.45) is 0.931. The maximum Gasteiger partial charge on any atom is 0.249 e. The van der Waals surface area contributed by atoms with Crippen molar-refractivity contribution in [2.75, 3.05) is 0 Å².